The van der Waals surface area contributed by atoms with Crippen LogP contribution in [-0.4, -0.2) is 5.11 Å². The van der Waals surface area contributed by atoms with Crippen LogP contribution < -0.4 is 0 Å². The van der Waals surface area contributed by atoms with Crippen molar-refractivity contribution in [2.24, 2.45) is 0 Å². The van der Waals surface area contributed by atoms with Gasteiger partial charge in [-0.2, -0.15) is 5.26 Å². The van der Waals surface area contributed by atoms with E-state index in [0.717, 1.165) is 10.1 Å². The van der Waals surface area contributed by atoms with Crippen LogP contribution in [0, 0.1) is 11.3 Å². The first kappa shape index (κ1) is 7.14. The summed E-state index contributed by atoms with van der Waals surface area (Å²) in [5, 5.41) is 20.9. The van der Waals surface area contributed by atoms with Gasteiger partial charge in [-0.05, 0) is 29.0 Å². The number of nitrogens with zero attached hydrogens (tertiary/aromatic N) is 1. The molecular formula is C9H5NOS. The lowest BCUT2D eigenvalue weighted by molar-refractivity contribution is 0.482. The van der Waals surface area contributed by atoms with Crippen molar-refractivity contribution < 1.29 is 5.11 Å². The maximum atomic E-state index is 9.43. The summed E-state index contributed by atoms with van der Waals surface area (Å²) in [4.78, 5) is 0. The minimum absolute atomic E-state index is 0.194. The Hall–Kier alpha value is -1.53. The van der Waals surface area contributed by atoms with Crippen molar-refractivity contribution in [1.29, 1.82) is 5.26 Å². The predicted molar refractivity (Wildman–Crippen MR) is 48.2 cm³/mol. The van der Waals surface area contributed by atoms with Crippen LogP contribution in [0.15, 0.2) is 23.6 Å². The highest BCUT2D eigenvalue weighted by Crippen LogP contribution is 2.30. The summed E-state index contributed by atoms with van der Waals surface area (Å²) < 4.78 is 0.842. The second-order valence-electron chi connectivity index (χ2n) is 2.45. The van der Waals surface area contributed by atoms with Gasteiger partial charge in [0.15, 0.2) is 0 Å². The number of fused-ring (bicyclic) bond motifs is 1. The van der Waals surface area contributed by atoms with E-state index in [2.05, 4.69) is 0 Å². The molecule has 0 bridgehead atoms. The zero-order chi connectivity index (χ0) is 8.55. The van der Waals surface area contributed by atoms with Gasteiger partial charge in [0.05, 0.1) is 16.3 Å². The van der Waals surface area contributed by atoms with Crippen LogP contribution in [0.2, 0.25) is 0 Å². The van der Waals surface area contributed by atoms with Gasteiger partial charge in [-0.1, -0.05) is 0 Å². The molecule has 58 valence electrons. The molecule has 0 aliphatic carbocycles. The first-order valence-corrected chi connectivity index (χ1v) is 4.29. The van der Waals surface area contributed by atoms with E-state index in [1.807, 2.05) is 17.5 Å². The Morgan fingerprint density at radius 2 is 2.25 bits per heavy atom. The molecule has 0 unspecified atom stereocenters. The molecule has 0 saturated carbocycles. The number of hydrogen-bond acceptors (Lipinski definition) is 3. The number of nitriles is 1. The zero-order valence-electron chi connectivity index (χ0n) is 6.11. The van der Waals surface area contributed by atoms with Crippen LogP contribution >= 0.6 is 11.3 Å². The normalized spacial score (nSPS) is 9.92. The minimum Gasteiger partial charge on any atom is -0.506 e. The molecule has 0 fully saturated rings. The number of benzene rings is 1. The van der Waals surface area contributed by atoms with Crippen molar-refractivity contribution >= 4 is 21.4 Å². The molecule has 12 heavy (non-hydrogen) atoms. The Balaban J connectivity index is 2.86. The van der Waals surface area contributed by atoms with Crippen molar-refractivity contribution in [3.05, 3.63) is 29.1 Å². The van der Waals surface area contributed by atoms with E-state index in [1.165, 1.54) is 17.4 Å². The highest BCUT2D eigenvalue weighted by Gasteiger charge is 2.02. The number of rotatable bonds is 0. The maximum Gasteiger partial charge on any atom is 0.134 e. The molecule has 1 heterocycles. The summed E-state index contributed by atoms with van der Waals surface area (Å²) in [5.74, 6) is 0.194. The van der Waals surface area contributed by atoms with Gasteiger partial charge < -0.3 is 5.11 Å². The van der Waals surface area contributed by atoms with E-state index in [0.29, 0.717) is 5.56 Å². The van der Waals surface area contributed by atoms with Crippen molar-refractivity contribution in [2.75, 3.05) is 0 Å². The smallest absolute Gasteiger partial charge is 0.134 e. The van der Waals surface area contributed by atoms with E-state index in [1.54, 1.807) is 6.07 Å². The lowest BCUT2D eigenvalue weighted by Crippen LogP contribution is -1.73. The van der Waals surface area contributed by atoms with Crippen molar-refractivity contribution in [2.45, 2.75) is 0 Å². The van der Waals surface area contributed by atoms with E-state index < -0.39 is 0 Å². The average Bonchev–Trinajstić information content (AvgIpc) is 2.52. The summed E-state index contributed by atoms with van der Waals surface area (Å²) in [6, 6.07) is 7.14. The fourth-order valence-corrected chi connectivity index (χ4v) is 1.92. The number of thiophene rings is 1. The standard InChI is InChI=1S/C9H5NOS/c10-5-6-3-7-1-2-12-9(7)8(11)4-6/h1-4,11H. The number of aromatic hydroxyl groups is 1. The van der Waals surface area contributed by atoms with Gasteiger partial charge in [-0.25, -0.2) is 0 Å². The van der Waals surface area contributed by atoms with Crippen molar-refractivity contribution in [1.82, 2.24) is 0 Å². The van der Waals surface area contributed by atoms with Crippen LogP contribution in [0.25, 0.3) is 10.1 Å². The number of phenolic OH excluding ortho intramolecular Hbond substituents is 1. The molecule has 0 atom stereocenters. The maximum absolute atomic E-state index is 9.43. The SMILES string of the molecule is N#Cc1cc(O)c2sccc2c1. The Morgan fingerprint density at radius 3 is 3.00 bits per heavy atom. The Morgan fingerprint density at radius 1 is 1.42 bits per heavy atom. The Kier molecular flexibility index (Phi) is 1.49. The molecule has 0 aliphatic heterocycles. The topological polar surface area (TPSA) is 44.0 Å². The molecule has 0 saturated heterocycles. The lowest BCUT2D eigenvalue weighted by atomic mass is 10.2. The largest absolute Gasteiger partial charge is 0.506 e. The van der Waals surface area contributed by atoms with Crippen molar-refractivity contribution in [3.8, 4) is 11.8 Å². The van der Waals surface area contributed by atoms with Gasteiger partial charge in [0.2, 0.25) is 0 Å². The molecule has 0 radical (unpaired) electrons. The third-order valence-electron chi connectivity index (χ3n) is 1.66. The lowest BCUT2D eigenvalue weighted by Gasteiger charge is -1.94. The van der Waals surface area contributed by atoms with Crippen LogP contribution in [0.4, 0.5) is 0 Å². The monoisotopic (exact) mass is 175 g/mol. The van der Waals surface area contributed by atoms with E-state index >= 15 is 0 Å². The van der Waals surface area contributed by atoms with Crippen LogP contribution in [0.1, 0.15) is 5.56 Å². The van der Waals surface area contributed by atoms with Crippen molar-refractivity contribution in [3.63, 3.8) is 0 Å². The molecule has 2 nitrogen and oxygen atoms in total. The first-order chi connectivity index (χ1) is 5.81. The van der Waals surface area contributed by atoms with Gasteiger partial charge in [0.1, 0.15) is 5.75 Å². The third kappa shape index (κ3) is 0.936. The second kappa shape index (κ2) is 2.50. The molecule has 1 aromatic carbocycles. The number of phenols is 1. The highest BCUT2D eigenvalue weighted by molar-refractivity contribution is 7.17. The first-order valence-electron chi connectivity index (χ1n) is 3.41. The van der Waals surface area contributed by atoms with Gasteiger partial charge in [-0.15, -0.1) is 11.3 Å². The second-order valence-corrected chi connectivity index (χ2v) is 3.36. The molecular weight excluding hydrogens is 170 g/mol. The van der Waals surface area contributed by atoms with Gasteiger partial charge in [0, 0.05) is 0 Å². The van der Waals surface area contributed by atoms with Crippen LogP contribution in [0.5, 0.6) is 5.75 Å². The molecule has 2 rings (SSSR count). The summed E-state index contributed by atoms with van der Waals surface area (Å²) in [5.41, 5.74) is 0.499. The van der Waals surface area contributed by atoms with E-state index in [-0.39, 0.29) is 5.75 Å². The van der Waals surface area contributed by atoms with Gasteiger partial charge in [0.25, 0.3) is 0 Å². The average molecular weight is 175 g/mol. The fraction of sp³-hybridized carbons (Fsp3) is 0. The molecule has 0 spiro atoms. The summed E-state index contributed by atoms with van der Waals surface area (Å²) in [6.45, 7) is 0. The van der Waals surface area contributed by atoms with Gasteiger partial charge in [-0.3, -0.25) is 0 Å². The molecule has 1 aromatic heterocycles. The highest BCUT2D eigenvalue weighted by atomic mass is 32.1. The van der Waals surface area contributed by atoms with Crippen LogP contribution in [0.3, 0.4) is 0 Å². The quantitative estimate of drug-likeness (QED) is 0.668. The molecule has 0 aliphatic rings. The third-order valence-corrected chi connectivity index (χ3v) is 2.61. The number of hydrogen-bond donors (Lipinski definition) is 1. The zero-order valence-corrected chi connectivity index (χ0v) is 6.93. The molecule has 0 amide bonds. The fourth-order valence-electron chi connectivity index (χ4n) is 1.13. The Labute approximate surface area is 73.3 Å². The predicted octanol–water partition coefficient (Wildman–Crippen LogP) is 2.48. The van der Waals surface area contributed by atoms with E-state index in [4.69, 9.17) is 5.26 Å². The summed E-state index contributed by atoms with van der Waals surface area (Å²) in [6.07, 6.45) is 0. The summed E-state index contributed by atoms with van der Waals surface area (Å²) >= 11 is 1.47. The summed E-state index contributed by atoms with van der Waals surface area (Å²) in [7, 11) is 0. The Bertz CT molecular complexity index is 467. The van der Waals surface area contributed by atoms with Crippen LogP contribution in [-0.2, 0) is 0 Å². The molecule has 2 aromatic rings. The minimum atomic E-state index is 0.194. The molecule has 3 heteroatoms. The molecule has 1 N–H and O–H groups in total. The van der Waals surface area contributed by atoms with Gasteiger partial charge >= 0.3 is 0 Å². The van der Waals surface area contributed by atoms with E-state index in [9.17, 15) is 5.11 Å².